The molecule has 5 rings (SSSR count). The van der Waals surface area contributed by atoms with Gasteiger partial charge in [-0.3, -0.25) is 9.59 Å². The average molecular weight is 471 g/mol. The van der Waals surface area contributed by atoms with Gasteiger partial charge in [0, 0.05) is 24.6 Å². The van der Waals surface area contributed by atoms with E-state index in [9.17, 15) is 9.59 Å². The van der Waals surface area contributed by atoms with Crippen molar-refractivity contribution in [3.8, 4) is 17.1 Å². The summed E-state index contributed by atoms with van der Waals surface area (Å²) in [7, 11) is 1.64. The normalized spacial score (nSPS) is 15.7. The smallest absolute Gasteiger partial charge is 0.273 e. The van der Waals surface area contributed by atoms with Gasteiger partial charge < -0.3 is 19.0 Å². The monoisotopic (exact) mass is 470 g/mol. The average Bonchev–Trinajstić information content (AvgIpc) is 3.36. The Balaban J connectivity index is 1.39. The van der Waals surface area contributed by atoms with E-state index in [4.69, 9.17) is 9.15 Å². The Morgan fingerprint density at radius 1 is 1.14 bits per heavy atom. The number of nitrogens with zero attached hydrogens (tertiary/aromatic N) is 3. The number of rotatable bonds is 6. The lowest BCUT2D eigenvalue weighted by atomic mass is 10.0. The van der Waals surface area contributed by atoms with Crippen LogP contribution in [0.25, 0.3) is 11.4 Å². The minimum atomic E-state index is -0.368. The highest BCUT2D eigenvalue weighted by Gasteiger charge is 2.33. The number of hydrogen-bond acceptors (Lipinski definition) is 6. The molecule has 1 aliphatic rings. The van der Waals surface area contributed by atoms with Gasteiger partial charge in [-0.2, -0.15) is 0 Å². The number of benzene rings is 2. The molecule has 0 spiro atoms. The molecule has 35 heavy (non-hydrogen) atoms. The molecule has 8 nitrogen and oxygen atoms in total. The summed E-state index contributed by atoms with van der Waals surface area (Å²) in [5.41, 5.74) is 1.53. The fourth-order valence-corrected chi connectivity index (χ4v) is 4.42. The number of piperidine rings is 1. The molecular formula is C27H26N4O4. The molecule has 0 saturated carbocycles. The second-order valence-electron chi connectivity index (χ2n) is 8.55. The summed E-state index contributed by atoms with van der Waals surface area (Å²) < 4.78 is 11.4. The number of carbonyl (C=O) groups is 1. The highest BCUT2D eigenvalue weighted by atomic mass is 16.5. The number of aromatic nitrogens is 3. The first-order valence-corrected chi connectivity index (χ1v) is 11.7. The zero-order valence-corrected chi connectivity index (χ0v) is 19.4. The van der Waals surface area contributed by atoms with Crippen LogP contribution < -0.4 is 10.3 Å². The number of carbonyl (C=O) groups excluding carboxylic acids is 1. The standard InChI is InChI=1S/C27H26N4O4/c1-34-20-11-7-8-18(14-20)15-21-17-28-26(35-21)23-12-5-6-13-31(23)27(33)22-16-24(32)30-25(29-22)19-9-3-2-4-10-19/h2-4,7-11,14,16-17,23H,5-6,12-13,15H2,1H3,(H,29,30,32). The van der Waals surface area contributed by atoms with Crippen molar-refractivity contribution in [2.24, 2.45) is 0 Å². The van der Waals surface area contributed by atoms with Crippen molar-refractivity contribution in [2.75, 3.05) is 13.7 Å². The molecule has 4 aromatic rings. The van der Waals surface area contributed by atoms with Crippen LogP contribution in [0, 0.1) is 0 Å². The van der Waals surface area contributed by atoms with Crippen molar-refractivity contribution >= 4 is 5.91 Å². The molecule has 8 heteroatoms. The van der Waals surface area contributed by atoms with Crippen molar-refractivity contribution in [2.45, 2.75) is 31.7 Å². The molecule has 0 bridgehead atoms. The van der Waals surface area contributed by atoms with Crippen molar-refractivity contribution in [3.05, 3.63) is 100 Å². The molecule has 1 unspecified atom stereocenters. The van der Waals surface area contributed by atoms with Crippen LogP contribution >= 0.6 is 0 Å². The van der Waals surface area contributed by atoms with Gasteiger partial charge in [0.05, 0.1) is 13.3 Å². The molecule has 1 atom stereocenters. The first kappa shape index (κ1) is 22.6. The summed E-state index contributed by atoms with van der Waals surface area (Å²) >= 11 is 0. The predicted molar refractivity (Wildman–Crippen MR) is 130 cm³/mol. The number of methoxy groups -OCH3 is 1. The molecule has 0 aliphatic carbocycles. The van der Waals surface area contributed by atoms with Gasteiger partial charge in [0.15, 0.2) is 0 Å². The maximum absolute atomic E-state index is 13.5. The van der Waals surface area contributed by atoms with E-state index in [1.807, 2.05) is 54.6 Å². The van der Waals surface area contributed by atoms with Crippen molar-refractivity contribution in [1.82, 2.24) is 19.9 Å². The summed E-state index contributed by atoms with van der Waals surface area (Å²) in [4.78, 5) is 39.3. The molecule has 2 aromatic heterocycles. The van der Waals surface area contributed by atoms with Gasteiger partial charge in [0.25, 0.3) is 11.5 Å². The lowest BCUT2D eigenvalue weighted by Crippen LogP contribution is -2.39. The lowest BCUT2D eigenvalue weighted by Gasteiger charge is -2.33. The topological polar surface area (TPSA) is 101 Å². The van der Waals surface area contributed by atoms with Gasteiger partial charge in [-0.05, 0) is 37.0 Å². The third kappa shape index (κ3) is 5.01. The second kappa shape index (κ2) is 9.97. The maximum atomic E-state index is 13.5. The third-order valence-electron chi connectivity index (χ3n) is 6.14. The molecule has 1 aliphatic heterocycles. The third-order valence-corrected chi connectivity index (χ3v) is 6.14. The summed E-state index contributed by atoms with van der Waals surface area (Å²) in [6, 6.07) is 18.0. The van der Waals surface area contributed by atoms with E-state index in [2.05, 4.69) is 15.0 Å². The van der Waals surface area contributed by atoms with Crippen LogP contribution in [0.2, 0.25) is 0 Å². The fraction of sp³-hybridized carbons (Fsp3) is 0.259. The van der Waals surface area contributed by atoms with Crippen LogP contribution in [0.1, 0.15) is 53.0 Å². The summed E-state index contributed by atoms with van der Waals surface area (Å²) in [5, 5.41) is 0. The second-order valence-corrected chi connectivity index (χ2v) is 8.55. The Morgan fingerprint density at radius 2 is 2.00 bits per heavy atom. The van der Waals surface area contributed by atoms with E-state index in [1.54, 1.807) is 18.2 Å². The van der Waals surface area contributed by atoms with Gasteiger partial charge in [-0.25, -0.2) is 9.97 Å². The number of ether oxygens (including phenoxy) is 1. The first-order chi connectivity index (χ1) is 17.1. The summed E-state index contributed by atoms with van der Waals surface area (Å²) in [5.74, 6) is 2.07. The highest BCUT2D eigenvalue weighted by Crippen LogP contribution is 2.32. The lowest BCUT2D eigenvalue weighted by molar-refractivity contribution is 0.0563. The SMILES string of the molecule is COc1cccc(Cc2cnc(C3CCCCN3C(=O)c3cc(=O)[nH]c(-c4ccccc4)n3)o2)c1. The van der Waals surface area contributed by atoms with E-state index in [-0.39, 0.29) is 23.2 Å². The van der Waals surface area contributed by atoms with E-state index >= 15 is 0 Å². The Kier molecular flexibility index (Phi) is 6.43. The van der Waals surface area contributed by atoms with Gasteiger partial charge in [-0.1, -0.05) is 42.5 Å². The van der Waals surface area contributed by atoms with Gasteiger partial charge in [0.1, 0.15) is 29.1 Å². The Bertz CT molecular complexity index is 1380. The molecule has 1 N–H and O–H groups in total. The maximum Gasteiger partial charge on any atom is 0.273 e. The molecule has 2 aromatic carbocycles. The minimum Gasteiger partial charge on any atom is -0.497 e. The number of oxazole rings is 1. The largest absolute Gasteiger partial charge is 0.497 e. The van der Waals surface area contributed by atoms with Gasteiger partial charge in [0.2, 0.25) is 5.89 Å². The molecule has 3 heterocycles. The molecule has 178 valence electrons. The van der Waals surface area contributed by atoms with Crippen molar-refractivity contribution in [3.63, 3.8) is 0 Å². The van der Waals surface area contributed by atoms with Crippen LogP contribution in [-0.4, -0.2) is 39.4 Å². The molecule has 1 amide bonds. The van der Waals surface area contributed by atoms with Gasteiger partial charge in [-0.15, -0.1) is 0 Å². The molecule has 0 radical (unpaired) electrons. The highest BCUT2D eigenvalue weighted by molar-refractivity contribution is 5.93. The van der Waals surface area contributed by atoms with E-state index in [1.165, 1.54) is 6.07 Å². The number of H-pyrrole nitrogens is 1. The Hall–Kier alpha value is -4.20. The van der Waals surface area contributed by atoms with Gasteiger partial charge >= 0.3 is 0 Å². The van der Waals surface area contributed by atoms with Crippen LogP contribution in [0.3, 0.4) is 0 Å². The number of nitrogens with one attached hydrogen (secondary N) is 1. The Labute approximate surface area is 202 Å². The first-order valence-electron chi connectivity index (χ1n) is 11.7. The van der Waals surface area contributed by atoms with Crippen molar-refractivity contribution in [1.29, 1.82) is 0 Å². The Morgan fingerprint density at radius 3 is 2.83 bits per heavy atom. The number of aromatic amines is 1. The summed E-state index contributed by atoms with van der Waals surface area (Å²) in [6.07, 6.45) is 4.85. The number of likely N-dealkylation sites (tertiary alicyclic amines) is 1. The van der Waals surface area contributed by atoms with Crippen LogP contribution in [-0.2, 0) is 6.42 Å². The van der Waals surface area contributed by atoms with E-state index < -0.39 is 0 Å². The quantitative estimate of drug-likeness (QED) is 0.448. The zero-order valence-electron chi connectivity index (χ0n) is 19.4. The van der Waals surface area contributed by atoms with Crippen LogP contribution in [0.4, 0.5) is 0 Å². The fourth-order valence-electron chi connectivity index (χ4n) is 4.42. The molecule has 1 fully saturated rings. The molecular weight excluding hydrogens is 444 g/mol. The van der Waals surface area contributed by atoms with Crippen LogP contribution in [0.15, 0.2) is 76.1 Å². The predicted octanol–water partition coefficient (Wildman–Crippen LogP) is 4.39. The molecule has 1 saturated heterocycles. The van der Waals surface area contributed by atoms with Crippen molar-refractivity contribution < 1.29 is 13.9 Å². The van der Waals surface area contributed by atoms with Crippen LogP contribution in [0.5, 0.6) is 5.75 Å². The zero-order chi connectivity index (χ0) is 24.2. The number of hydrogen-bond donors (Lipinski definition) is 1. The minimum absolute atomic E-state index is 0.114. The summed E-state index contributed by atoms with van der Waals surface area (Å²) in [6.45, 7) is 0.548. The van der Waals surface area contributed by atoms with E-state index in [0.29, 0.717) is 30.4 Å². The number of amides is 1. The van der Waals surface area contributed by atoms with E-state index in [0.717, 1.165) is 36.1 Å².